The third-order valence-electron chi connectivity index (χ3n) is 3.98. The zero-order valence-corrected chi connectivity index (χ0v) is 16.9. The molecule has 7 nitrogen and oxygen atoms in total. The van der Waals surface area contributed by atoms with Crippen molar-refractivity contribution in [2.75, 3.05) is 11.1 Å². The Morgan fingerprint density at radius 1 is 1.14 bits per heavy atom. The second kappa shape index (κ2) is 8.50. The highest BCUT2D eigenvalue weighted by molar-refractivity contribution is 7.99. The number of thioether (sulfide) groups is 1. The summed E-state index contributed by atoms with van der Waals surface area (Å²) in [6, 6.07) is 18.8. The van der Waals surface area contributed by atoms with Crippen LogP contribution in [-0.4, -0.2) is 31.6 Å². The van der Waals surface area contributed by atoms with Crippen LogP contribution < -0.4 is 5.32 Å². The minimum absolute atomic E-state index is 0.145. The molecule has 9 heteroatoms. The van der Waals surface area contributed by atoms with Crippen LogP contribution >= 0.6 is 23.4 Å². The number of hydrogen-bond acceptors (Lipinski definition) is 6. The van der Waals surface area contributed by atoms with Crippen LogP contribution in [0.5, 0.6) is 0 Å². The van der Waals surface area contributed by atoms with Gasteiger partial charge in [-0.2, -0.15) is 0 Å². The molecule has 4 aromatic rings. The number of benzene rings is 2. The molecule has 0 aliphatic rings. The van der Waals surface area contributed by atoms with E-state index in [-0.39, 0.29) is 11.7 Å². The van der Waals surface area contributed by atoms with Gasteiger partial charge >= 0.3 is 0 Å². The predicted molar refractivity (Wildman–Crippen MR) is 112 cm³/mol. The lowest BCUT2D eigenvalue weighted by atomic mass is 10.2. The molecule has 0 spiro atoms. The summed E-state index contributed by atoms with van der Waals surface area (Å²) in [4.78, 5) is 12.3. The van der Waals surface area contributed by atoms with Crippen LogP contribution in [0, 0.1) is 6.92 Å². The summed E-state index contributed by atoms with van der Waals surface area (Å²) >= 11 is 7.32. The van der Waals surface area contributed by atoms with Crippen molar-refractivity contribution in [3.63, 3.8) is 0 Å². The van der Waals surface area contributed by atoms with Gasteiger partial charge in [0.1, 0.15) is 5.76 Å². The minimum atomic E-state index is -0.213. The Hall–Kier alpha value is -3.10. The molecule has 0 aliphatic carbocycles. The number of amides is 1. The normalized spacial score (nSPS) is 10.8. The topological polar surface area (TPSA) is 85.8 Å². The zero-order valence-electron chi connectivity index (χ0n) is 15.4. The molecule has 0 unspecified atom stereocenters. The molecular weight excluding hydrogens is 410 g/mol. The van der Waals surface area contributed by atoms with Crippen LogP contribution in [0.3, 0.4) is 0 Å². The Morgan fingerprint density at radius 3 is 2.59 bits per heavy atom. The fraction of sp³-hybridized carbons (Fsp3) is 0.100. The minimum Gasteiger partial charge on any atom is -0.360 e. The number of nitrogens with one attached hydrogen (secondary N) is 1. The van der Waals surface area contributed by atoms with Gasteiger partial charge in [0.15, 0.2) is 16.8 Å². The third-order valence-corrected chi connectivity index (χ3v) is 5.16. The van der Waals surface area contributed by atoms with E-state index in [9.17, 15) is 4.79 Å². The monoisotopic (exact) mass is 425 g/mol. The summed E-state index contributed by atoms with van der Waals surface area (Å²) in [5.74, 6) is 1.63. The van der Waals surface area contributed by atoms with Gasteiger partial charge in [0, 0.05) is 22.3 Å². The van der Waals surface area contributed by atoms with Gasteiger partial charge in [-0.3, -0.25) is 9.36 Å². The molecule has 29 heavy (non-hydrogen) atoms. The van der Waals surface area contributed by atoms with E-state index in [0.29, 0.717) is 27.6 Å². The van der Waals surface area contributed by atoms with Crippen molar-refractivity contribution >= 4 is 35.1 Å². The molecule has 2 aromatic heterocycles. The van der Waals surface area contributed by atoms with Gasteiger partial charge in [-0.05, 0) is 31.2 Å². The van der Waals surface area contributed by atoms with Gasteiger partial charge in [-0.15, -0.1) is 10.2 Å². The Labute approximate surface area is 176 Å². The van der Waals surface area contributed by atoms with Crippen LogP contribution in [0.4, 0.5) is 5.82 Å². The number of rotatable bonds is 6. The second-order valence-electron chi connectivity index (χ2n) is 6.14. The predicted octanol–water partition coefficient (Wildman–Crippen LogP) is 4.61. The largest absolute Gasteiger partial charge is 0.360 e. The Morgan fingerprint density at radius 2 is 1.90 bits per heavy atom. The fourth-order valence-electron chi connectivity index (χ4n) is 2.69. The Balaban J connectivity index is 1.60. The SMILES string of the molecule is Cc1cc(NC(=O)CSc2nnc(-c3ccccc3)n2-c2ccc(Cl)cc2)no1. The number of anilines is 1. The maximum atomic E-state index is 12.3. The summed E-state index contributed by atoms with van der Waals surface area (Å²) < 4.78 is 6.86. The van der Waals surface area contributed by atoms with E-state index in [4.69, 9.17) is 16.1 Å². The first-order valence-electron chi connectivity index (χ1n) is 8.73. The number of nitrogens with zero attached hydrogens (tertiary/aromatic N) is 4. The van der Waals surface area contributed by atoms with E-state index < -0.39 is 0 Å². The molecule has 0 fully saturated rings. The number of carbonyl (C=O) groups excluding carboxylic acids is 1. The van der Waals surface area contributed by atoms with Crippen molar-refractivity contribution in [1.82, 2.24) is 19.9 Å². The number of hydrogen-bond donors (Lipinski definition) is 1. The molecule has 0 saturated heterocycles. The van der Waals surface area contributed by atoms with Crippen molar-refractivity contribution in [2.45, 2.75) is 12.1 Å². The van der Waals surface area contributed by atoms with E-state index in [0.717, 1.165) is 11.3 Å². The maximum Gasteiger partial charge on any atom is 0.236 e. The number of halogens is 1. The molecule has 1 amide bonds. The first-order valence-corrected chi connectivity index (χ1v) is 10.1. The summed E-state index contributed by atoms with van der Waals surface area (Å²) in [5, 5.41) is 16.4. The molecule has 4 rings (SSSR count). The van der Waals surface area contributed by atoms with Gasteiger partial charge in [0.25, 0.3) is 0 Å². The van der Waals surface area contributed by atoms with Crippen molar-refractivity contribution in [3.8, 4) is 17.1 Å². The van der Waals surface area contributed by atoms with Gasteiger partial charge in [-0.25, -0.2) is 0 Å². The molecule has 1 N–H and O–H groups in total. The Kier molecular flexibility index (Phi) is 5.64. The van der Waals surface area contributed by atoms with Crippen molar-refractivity contribution < 1.29 is 9.32 Å². The fourth-order valence-corrected chi connectivity index (χ4v) is 3.57. The van der Waals surface area contributed by atoms with Crippen molar-refractivity contribution in [1.29, 1.82) is 0 Å². The average Bonchev–Trinajstić information content (AvgIpc) is 3.34. The molecule has 2 heterocycles. The smallest absolute Gasteiger partial charge is 0.236 e. The Bertz CT molecular complexity index is 1130. The van der Waals surface area contributed by atoms with Crippen LogP contribution in [0.25, 0.3) is 17.1 Å². The van der Waals surface area contributed by atoms with Crippen LogP contribution in [0.2, 0.25) is 5.02 Å². The third kappa shape index (κ3) is 4.49. The van der Waals surface area contributed by atoms with Crippen LogP contribution in [0.1, 0.15) is 5.76 Å². The van der Waals surface area contributed by atoms with E-state index in [2.05, 4.69) is 20.7 Å². The zero-order chi connectivity index (χ0) is 20.2. The lowest BCUT2D eigenvalue weighted by molar-refractivity contribution is -0.113. The molecule has 0 bridgehead atoms. The van der Waals surface area contributed by atoms with Crippen LogP contribution in [-0.2, 0) is 4.79 Å². The first kappa shape index (κ1) is 19.2. The number of carbonyl (C=O) groups is 1. The van der Waals surface area contributed by atoms with Gasteiger partial charge in [0.05, 0.1) is 5.75 Å². The summed E-state index contributed by atoms with van der Waals surface area (Å²) in [5.41, 5.74) is 1.78. The molecule has 0 saturated carbocycles. The van der Waals surface area contributed by atoms with E-state index in [1.54, 1.807) is 25.1 Å². The first-order chi connectivity index (χ1) is 14.1. The second-order valence-corrected chi connectivity index (χ2v) is 7.52. The molecule has 2 aromatic carbocycles. The standard InChI is InChI=1S/C20H16ClN5O2S/c1-13-11-17(25-28-13)22-18(27)12-29-20-24-23-19(14-5-3-2-4-6-14)26(20)16-9-7-15(21)8-10-16/h2-11H,12H2,1H3,(H,22,25,27). The average molecular weight is 426 g/mol. The summed E-state index contributed by atoms with van der Waals surface area (Å²) in [7, 11) is 0. The van der Waals surface area contributed by atoms with E-state index in [1.807, 2.05) is 47.0 Å². The molecule has 146 valence electrons. The van der Waals surface area contributed by atoms with Gasteiger partial charge < -0.3 is 9.84 Å². The molecule has 0 radical (unpaired) electrons. The molecule has 0 aliphatic heterocycles. The van der Waals surface area contributed by atoms with Gasteiger partial charge in [-0.1, -0.05) is 58.9 Å². The number of aromatic nitrogens is 4. The highest BCUT2D eigenvalue weighted by atomic mass is 35.5. The lowest BCUT2D eigenvalue weighted by Gasteiger charge is -2.10. The highest BCUT2D eigenvalue weighted by Crippen LogP contribution is 2.28. The maximum absolute atomic E-state index is 12.3. The van der Waals surface area contributed by atoms with Crippen molar-refractivity contribution in [3.05, 3.63) is 71.4 Å². The van der Waals surface area contributed by atoms with E-state index in [1.165, 1.54) is 11.8 Å². The van der Waals surface area contributed by atoms with Gasteiger partial charge in [0.2, 0.25) is 5.91 Å². The summed E-state index contributed by atoms with van der Waals surface area (Å²) in [6.45, 7) is 1.76. The van der Waals surface area contributed by atoms with Crippen molar-refractivity contribution in [2.24, 2.45) is 0 Å². The molecule has 0 atom stereocenters. The van der Waals surface area contributed by atoms with E-state index >= 15 is 0 Å². The quantitative estimate of drug-likeness (QED) is 0.454. The lowest BCUT2D eigenvalue weighted by Crippen LogP contribution is -2.14. The molecular formula is C20H16ClN5O2S. The van der Waals surface area contributed by atoms with Crippen LogP contribution in [0.15, 0.2) is 70.3 Å². The number of aryl methyl sites for hydroxylation is 1. The summed E-state index contributed by atoms with van der Waals surface area (Å²) in [6.07, 6.45) is 0. The highest BCUT2D eigenvalue weighted by Gasteiger charge is 2.17.